The Kier molecular flexibility index (Phi) is 9.19. The Labute approximate surface area is 217 Å². The minimum Gasteiger partial charge on any atom is -0.349 e. The summed E-state index contributed by atoms with van der Waals surface area (Å²) in [4.78, 5) is 25.7. The van der Waals surface area contributed by atoms with E-state index in [1.807, 2.05) is 22.6 Å². The van der Waals surface area contributed by atoms with Gasteiger partial charge in [-0.25, -0.2) is 0 Å². The predicted molar refractivity (Wildman–Crippen MR) is 129 cm³/mol. The molecule has 0 radical (unpaired) electrons. The first-order chi connectivity index (χ1) is 16.4. The molecule has 0 heterocycles. The summed E-state index contributed by atoms with van der Waals surface area (Å²) in [5.74, 6) is -13.2. The van der Waals surface area contributed by atoms with Crippen molar-refractivity contribution < 1.29 is 44.5 Å². The Bertz CT molecular complexity index is 1190. The summed E-state index contributed by atoms with van der Waals surface area (Å²) in [6.07, 6.45) is -5.02. The van der Waals surface area contributed by atoms with Crippen LogP contribution in [0, 0.1) is 10.5 Å². The smallest absolute Gasteiger partial charge is 0.349 e. The number of rotatable bonds is 8. The van der Waals surface area contributed by atoms with Gasteiger partial charge in [-0.1, -0.05) is 12.1 Å². The Morgan fingerprint density at radius 1 is 1.03 bits per heavy atom. The number of halogens is 8. The highest BCUT2D eigenvalue weighted by Gasteiger charge is 2.73. The molecule has 2 N–H and O–H groups in total. The molecule has 2 unspecified atom stereocenters. The largest absolute Gasteiger partial charge is 0.460 e. The first kappa shape index (κ1) is 30.0. The molecule has 2 atom stereocenters. The summed E-state index contributed by atoms with van der Waals surface area (Å²) in [6.45, 7) is 2.76. The molecule has 0 aliphatic heterocycles. The average Bonchev–Trinajstić information content (AvgIpc) is 2.73. The van der Waals surface area contributed by atoms with Gasteiger partial charge in [0, 0.05) is 43.7 Å². The van der Waals surface area contributed by atoms with Crippen LogP contribution in [0.2, 0.25) is 0 Å². The van der Waals surface area contributed by atoms with Crippen LogP contribution in [0.1, 0.15) is 38.8 Å². The van der Waals surface area contributed by atoms with Gasteiger partial charge >= 0.3 is 18.0 Å². The number of amides is 2. The fourth-order valence-corrected chi connectivity index (χ4v) is 4.71. The second-order valence-corrected chi connectivity index (χ2v) is 10.5. The molecule has 0 aliphatic carbocycles. The van der Waals surface area contributed by atoms with Crippen LogP contribution in [0.3, 0.4) is 0 Å². The highest BCUT2D eigenvalue weighted by atomic mass is 127. The van der Waals surface area contributed by atoms with Crippen LogP contribution in [0.15, 0.2) is 36.4 Å². The number of carbonyl (C=O) groups excluding carboxylic acids is 2. The molecule has 14 heteroatoms. The summed E-state index contributed by atoms with van der Waals surface area (Å²) in [7, 11) is -1.19. The minimum absolute atomic E-state index is 0.0186. The van der Waals surface area contributed by atoms with Gasteiger partial charge in [-0.3, -0.25) is 13.8 Å². The van der Waals surface area contributed by atoms with Gasteiger partial charge in [0.2, 0.25) is 0 Å². The summed E-state index contributed by atoms with van der Waals surface area (Å²) in [6, 6.07) is 5.42. The Morgan fingerprint density at radius 3 is 2.17 bits per heavy atom. The van der Waals surface area contributed by atoms with Crippen molar-refractivity contribution in [2.75, 3.05) is 17.3 Å². The van der Waals surface area contributed by atoms with Gasteiger partial charge in [-0.2, -0.15) is 30.7 Å². The molecule has 198 valence electrons. The van der Waals surface area contributed by atoms with Crippen LogP contribution in [0.4, 0.5) is 36.4 Å². The maximum atomic E-state index is 14.0. The standard InChI is InChI=1S/C22H20F7IN2O3S/c1-11-9-13(20(23,24)21(25,26)22(27,28)29)7-8-16(11)32-18(33)14-5-4-6-15(30)17(14)19(34)31-12(2)10-36(3)35/h4-9,12H,10H2,1-3H3,(H,31,34)(H,32,33). The second kappa shape index (κ2) is 11.0. The van der Waals surface area contributed by atoms with Crippen molar-refractivity contribution in [3.8, 4) is 0 Å². The third kappa shape index (κ3) is 6.36. The maximum Gasteiger partial charge on any atom is 0.460 e. The number of anilines is 1. The summed E-state index contributed by atoms with van der Waals surface area (Å²) >= 11 is 1.82. The topological polar surface area (TPSA) is 75.3 Å². The second-order valence-electron chi connectivity index (χ2n) is 7.91. The molecule has 0 aliphatic rings. The highest BCUT2D eigenvalue weighted by Crippen LogP contribution is 2.52. The van der Waals surface area contributed by atoms with Gasteiger partial charge in [0.25, 0.3) is 11.8 Å². The molecule has 0 bridgehead atoms. The quantitative estimate of drug-likeness (QED) is 0.287. The molecule has 0 spiro atoms. The van der Waals surface area contributed by atoms with Gasteiger partial charge in [0.1, 0.15) is 0 Å². The van der Waals surface area contributed by atoms with Gasteiger partial charge in [-0.15, -0.1) is 0 Å². The molecule has 0 saturated carbocycles. The Hall–Kier alpha value is -2.23. The zero-order valence-corrected chi connectivity index (χ0v) is 21.9. The summed E-state index contributed by atoms with van der Waals surface area (Å²) in [5.41, 5.74) is -2.07. The third-order valence-electron chi connectivity index (χ3n) is 4.94. The molecular weight excluding hydrogens is 632 g/mol. The molecule has 0 saturated heterocycles. The molecule has 2 aromatic carbocycles. The summed E-state index contributed by atoms with van der Waals surface area (Å²) in [5, 5.41) is 4.98. The molecule has 0 fully saturated rings. The molecule has 5 nitrogen and oxygen atoms in total. The molecule has 36 heavy (non-hydrogen) atoms. The van der Waals surface area contributed by atoms with Gasteiger partial charge in [0.15, 0.2) is 0 Å². The summed E-state index contributed by atoms with van der Waals surface area (Å²) < 4.78 is 104. The van der Waals surface area contributed by atoms with Crippen LogP contribution in [-0.4, -0.2) is 46.2 Å². The predicted octanol–water partition coefficient (Wildman–Crippen LogP) is 5.64. The van der Waals surface area contributed by atoms with E-state index in [-0.39, 0.29) is 28.1 Å². The van der Waals surface area contributed by atoms with E-state index in [4.69, 9.17) is 0 Å². The van der Waals surface area contributed by atoms with Gasteiger partial charge in [0.05, 0.1) is 11.1 Å². The fourth-order valence-electron chi connectivity index (χ4n) is 3.18. The van der Waals surface area contributed by atoms with Crippen LogP contribution < -0.4 is 10.6 Å². The number of nitrogens with one attached hydrogen (secondary N) is 2. The number of carbonyl (C=O) groups is 2. The van der Waals surface area contributed by atoms with E-state index >= 15 is 0 Å². The van der Waals surface area contributed by atoms with Crippen molar-refractivity contribution in [1.82, 2.24) is 5.32 Å². The molecular formula is C22H20F7IN2O3S. The minimum atomic E-state index is -6.48. The van der Waals surface area contributed by atoms with Crippen LogP contribution in [0.25, 0.3) is 0 Å². The van der Waals surface area contributed by atoms with Gasteiger partial charge < -0.3 is 10.6 Å². The van der Waals surface area contributed by atoms with E-state index in [0.717, 1.165) is 13.0 Å². The first-order valence-electron chi connectivity index (χ1n) is 10.0. The zero-order chi connectivity index (χ0) is 27.6. The number of hydrogen-bond donors (Lipinski definition) is 2. The lowest BCUT2D eigenvalue weighted by molar-refractivity contribution is -0.359. The lowest BCUT2D eigenvalue weighted by atomic mass is 9.98. The van der Waals surface area contributed by atoms with Gasteiger partial charge in [-0.05, 0) is 66.3 Å². The van der Waals surface area contributed by atoms with E-state index in [9.17, 15) is 44.5 Å². The van der Waals surface area contributed by atoms with Crippen molar-refractivity contribution in [3.63, 3.8) is 0 Å². The first-order valence-corrected chi connectivity index (χ1v) is 12.8. The van der Waals surface area contributed by atoms with E-state index in [2.05, 4.69) is 10.6 Å². The molecule has 2 amide bonds. The average molecular weight is 652 g/mol. The zero-order valence-electron chi connectivity index (χ0n) is 18.9. The Balaban J connectivity index is 2.35. The molecule has 0 aromatic heterocycles. The number of alkyl halides is 7. The number of benzene rings is 2. The third-order valence-corrected chi connectivity index (χ3v) is 6.80. The van der Waals surface area contributed by atoms with E-state index < -0.39 is 52.2 Å². The normalized spacial score (nSPS) is 14.2. The maximum absolute atomic E-state index is 14.0. The van der Waals surface area contributed by atoms with E-state index in [1.165, 1.54) is 18.4 Å². The van der Waals surface area contributed by atoms with Crippen molar-refractivity contribution in [2.45, 2.75) is 37.9 Å². The molecule has 2 rings (SSSR count). The molecule has 2 aromatic rings. The van der Waals surface area contributed by atoms with Crippen LogP contribution >= 0.6 is 22.6 Å². The highest BCUT2D eigenvalue weighted by molar-refractivity contribution is 14.1. The van der Waals surface area contributed by atoms with Crippen molar-refractivity contribution in [3.05, 3.63) is 62.2 Å². The Morgan fingerprint density at radius 2 is 1.64 bits per heavy atom. The number of hydrogen-bond acceptors (Lipinski definition) is 3. The lowest BCUT2D eigenvalue weighted by Crippen LogP contribution is -2.50. The van der Waals surface area contributed by atoms with Crippen molar-refractivity contribution in [1.29, 1.82) is 0 Å². The van der Waals surface area contributed by atoms with E-state index in [1.54, 1.807) is 13.0 Å². The van der Waals surface area contributed by atoms with Crippen molar-refractivity contribution in [2.24, 2.45) is 0 Å². The van der Waals surface area contributed by atoms with Crippen molar-refractivity contribution >= 4 is 50.9 Å². The van der Waals surface area contributed by atoms with Crippen LogP contribution in [0.5, 0.6) is 0 Å². The van der Waals surface area contributed by atoms with E-state index in [0.29, 0.717) is 15.7 Å². The fraction of sp³-hybridized carbons (Fsp3) is 0.364. The monoisotopic (exact) mass is 652 g/mol. The van der Waals surface area contributed by atoms with Crippen LogP contribution in [-0.2, 0) is 16.7 Å². The SMILES string of the molecule is Cc1cc(C(F)(F)C(F)(F)C(F)(F)F)ccc1NC(=O)c1cccc(I)c1C(=O)NC(C)CS(C)=O. The number of aryl methyl sites for hydroxylation is 1. The lowest BCUT2D eigenvalue weighted by Gasteiger charge is -2.28.